The van der Waals surface area contributed by atoms with Crippen LogP contribution in [0.25, 0.3) is 0 Å². The summed E-state index contributed by atoms with van der Waals surface area (Å²) in [5.41, 5.74) is 5.25. The van der Waals surface area contributed by atoms with E-state index in [1.54, 1.807) is 0 Å². The van der Waals surface area contributed by atoms with E-state index >= 15 is 0 Å². The number of nitrogens with one attached hydrogen (secondary N) is 1. The maximum atomic E-state index is 8.58. The van der Waals surface area contributed by atoms with Crippen LogP contribution in [0.4, 0.5) is 0 Å². The third kappa shape index (κ3) is 4.71. The lowest BCUT2D eigenvalue weighted by molar-refractivity contribution is 0.304. The Bertz CT molecular complexity index is 253. The SMILES string of the molecule is C#CC(CC)NCCC(C)(C)C(N)=NO. The Morgan fingerprint density at radius 3 is 2.67 bits per heavy atom. The number of hydrogen-bond donors (Lipinski definition) is 3. The molecule has 86 valence electrons. The summed E-state index contributed by atoms with van der Waals surface area (Å²) >= 11 is 0. The van der Waals surface area contributed by atoms with Gasteiger partial charge in [0.1, 0.15) is 5.84 Å². The van der Waals surface area contributed by atoms with Crippen LogP contribution in [0.5, 0.6) is 0 Å². The molecule has 1 atom stereocenters. The number of amidine groups is 1. The monoisotopic (exact) mass is 211 g/mol. The largest absolute Gasteiger partial charge is 0.409 e. The van der Waals surface area contributed by atoms with Gasteiger partial charge in [0.2, 0.25) is 0 Å². The maximum Gasteiger partial charge on any atom is 0.144 e. The van der Waals surface area contributed by atoms with Crippen LogP contribution >= 0.6 is 0 Å². The number of hydrogen-bond acceptors (Lipinski definition) is 3. The summed E-state index contributed by atoms with van der Waals surface area (Å²) in [4.78, 5) is 0. The van der Waals surface area contributed by atoms with Gasteiger partial charge in [-0.05, 0) is 19.4 Å². The lowest BCUT2D eigenvalue weighted by Crippen LogP contribution is -2.37. The molecule has 0 fully saturated rings. The Morgan fingerprint density at radius 1 is 1.67 bits per heavy atom. The summed E-state index contributed by atoms with van der Waals surface area (Å²) in [5.74, 6) is 2.91. The van der Waals surface area contributed by atoms with E-state index in [-0.39, 0.29) is 17.3 Å². The molecule has 0 amide bonds. The number of rotatable bonds is 6. The van der Waals surface area contributed by atoms with Gasteiger partial charge >= 0.3 is 0 Å². The molecule has 0 saturated heterocycles. The molecule has 0 aliphatic rings. The molecule has 0 aromatic heterocycles. The van der Waals surface area contributed by atoms with Gasteiger partial charge in [-0.2, -0.15) is 0 Å². The van der Waals surface area contributed by atoms with Gasteiger partial charge < -0.3 is 16.3 Å². The summed E-state index contributed by atoms with van der Waals surface area (Å²) < 4.78 is 0. The normalized spacial score (nSPS) is 14.7. The molecule has 0 bridgehead atoms. The van der Waals surface area contributed by atoms with Crippen LogP contribution in [0.1, 0.15) is 33.6 Å². The molecule has 0 aliphatic carbocycles. The standard InChI is InChI=1S/C11H21N3O/c1-5-9(6-2)13-8-7-11(3,4)10(12)14-15/h1,9,13,15H,6-8H2,2-4H3,(H2,12,14). The van der Waals surface area contributed by atoms with Crippen molar-refractivity contribution in [3.63, 3.8) is 0 Å². The van der Waals surface area contributed by atoms with E-state index in [1.807, 2.05) is 20.8 Å². The van der Waals surface area contributed by atoms with Gasteiger partial charge in [-0.25, -0.2) is 0 Å². The zero-order valence-electron chi connectivity index (χ0n) is 9.75. The summed E-state index contributed by atoms with van der Waals surface area (Å²) in [6.45, 7) is 6.65. The first-order chi connectivity index (χ1) is 6.97. The zero-order valence-corrected chi connectivity index (χ0v) is 9.75. The van der Waals surface area contributed by atoms with E-state index in [0.29, 0.717) is 0 Å². The van der Waals surface area contributed by atoms with Crippen molar-refractivity contribution in [2.24, 2.45) is 16.3 Å². The number of nitrogens with zero attached hydrogens (tertiary/aromatic N) is 1. The van der Waals surface area contributed by atoms with Crippen LogP contribution in [-0.2, 0) is 0 Å². The van der Waals surface area contributed by atoms with Crippen LogP contribution in [0.15, 0.2) is 5.16 Å². The maximum absolute atomic E-state index is 8.58. The fraction of sp³-hybridized carbons (Fsp3) is 0.727. The Kier molecular flexibility index (Phi) is 5.80. The predicted molar refractivity (Wildman–Crippen MR) is 62.7 cm³/mol. The van der Waals surface area contributed by atoms with Crippen LogP contribution in [-0.4, -0.2) is 23.6 Å². The van der Waals surface area contributed by atoms with Crippen molar-refractivity contribution in [2.75, 3.05) is 6.54 Å². The van der Waals surface area contributed by atoms with Gasteiger partial charge in [0.05, 0.1) is 6.04 Å². The minimum absolute atomic E-state index is 0.105. The second-order valence-corrected chi connectivity index (χ2v) is 4.20. The topological polar surface area (TPSA) is 70.6 Å². The first-order valence-corrected chi connectivity index (χ1v) is 5.15. The number of nitrogens with two attached hydrogens (primary N) is 1. The van der Waals surface area contributed by atoms with Gasteiger partial charge in [-0.1, -0.05) is 31.8 Å². The van der Waals surface area contributed by atoms with Crippen molar-refractivity contribution in [1.82, 2.24) is 5.32 Å². The Balaban J connectivity index is 4.01. The average molecular weight is 211 g/mol. The highest BCUT2D eigenvalue weighted by molar-refractivity contribution is 5.85. The van der Waals surface area contributed by atoms with E-state index < -0.39 is 0 Å². The van der Waals surface area contributed by atoms with E-state index in [1.165, 1.54) is 0 Å². The van der Waals surface area contributed by atoms with Crippen molar-refractivity contribution >= 4 is 5.84 Å². The molecule has 0 aromatic rings. The van der Waals surface area contributed by atoms with Crippen molar-refractivity contribution in [2.45, 2.75) is 39.7 Å². The van der Waals surface area contributed by atoms with Crippen LogP contribution in [0, 0.1) is 17.8 Å². The van der Waals surface area contributed by atoms with Gasteiger partial charge in [-0.3, -0.25) is 0 Å². The van der Waals surface area contributed by atoms with E-state index in [0.717, 1.165) is 19.4 Å². The minimum atomic E-state index is -0.311. The average Bonchev–Trinajstić information content (AvgIpc) is 2.23. The third-order valence-corrected chi connectivity index (χ3v) is 2.55. The highest BCUT2D eigenvalue weighted by Crippen LogP contribution is 2.19. The predicted octanol–water partition coefficient (Wildman–Crippen LogP) is 1.15. The molecule has 0 aliphatic heterocycles. The molecule has 1 unspecified atom stereocenters. The molecule has 4 nitrogen and oxygen atoms in total. The molecule has 0 heterocycles. The van der Waals surface area contributed by atoms with Crippen LogP contribution in [0.2, 0.25) is 0 Å². The Labute approximate surface area is 91.9 Å². The first kappa shape index (κ1) is 13.8. The van der Waals surface area contributed by atoms with E-state index in [4.69, 9.17) is 17.4 Å². The third-order valence-electron chi connectivity index (χ3n) is 2.55. The van der Waals surface area contributed by atoms with Crippen molar-refractivity contribution < 1.29 is 5.21 Å². The second-order valence-electron chi connectivity index (χ2n) is 4.20. The molecule has 0 saturated carbocycles. The fourth-order valence-corrected chi connectivity index (χ4v) is 1.14. The Hall–Kier alpha value is -1.21. The molecule has 4 N–H and O–H groups in total. The quantitative estimate of drug-likeness (QED) is 0.203. The molecule has 0 aromatic carbocycles. The lowest BCUT2D eigenvalue weighted by atomic mass is 9.88. The number of oxime groups is 1. The molecule has 0 radical (unpaired) electrons. The Morgan fingerprint density at radius 2 is 2.27 bits per heavy atom. The van der Waals surface area contributed by atoms with E-state index in [2.05, 4.69) is 16.4 Å². The van der Waals surface area contributed by atoms with Gasteiger partial charge in [0.15, 0.2) is 0 Å². The van der Waals surface area contributed by atoms with Gasteiger partial charge in [0.25, 0.3) is 0 Å². The molecule has 15 heavy (non-hydrogen) atoms. The van der Waals surface area contributed by atoms with Gasteiger partial charge in [0, 0.05) is 5.41 Å². The summed E-state index contributed by atoms with van der Waals surface area (Å²) in [6.07, 6.45) is 7.00. The van der Waals surface area contributed by atoms with Crippen molar-refractivity contribution in [1.29, 1.82) is 0 Å². The summed E-state index contributed by atoms with van der Waals surface area (Å²) in [5, 5.41) is 14.8. The molecule has 0 spiro atoms. The second kappa shape index (κ2) is 6.31. The first-order valence-electron chi connectivity index (χ1n) is 5.15. The molecule has 0 rings (SSSR count). The highest BCUT2D eigenvalue weighted by Gasteiger charge is 2.23. The van der Waals surface area contributed by atoms with Crippen LogP contribution in [0.3, 0.4) is 0 Å². The number of terminal acetylenes is 1. The van der Waals surface area contributed by atoms with Crippen molar-refractivity contribution in [3.05, 3.63) is 0 Å². The smallest absolute Gasteiger partial charge is 0.144 e. The minimum Gasteiger partial charge on any atom is -0.409 e. The van der Waals surface area contributed by atoms with E-state index in [9.17, 15) is 0 Å². The molecule has 4 heteroatoms. The summed E-state index contributed by atoms with van der Waals surface area (Å²) in [6, 6.07) is 0.105. The molecular formula is C11H21N3O. The molecular weight excluding hydrogens is 190 g/mol. The van der Waals surface area contributed by atoms with Crippen LogP contribution < -0.4 is 11.1 Å². The zero-order chi connectivity index (χ0) is 11.9. The van der Waals surface area contributed by atoms with Gasteiger partial charge in [-0.15, -0.1) is 6.42 Å². The fourth-order valence-electron chi connectivity index (χ4n) is 1.14. The lowest BCUT2D eigenvalue weighted by Gasteiger charge is -2.23. The van der Waals surface area contributed by atoms with Crippen molar-refractivity contribution in [3.8, 4) is 12.3 Å². The highest BCUT2D eigenvalue weighted by atomic mass is 16.4. The summed E-state index contributed by atoms with van der Waals surface area (Å²) in [7, 11) is 0.